The normalized spacial score (nSPS) is 31.1. The number of likely N-dealkylation sites (N-methyl/N-ethyl adjacent to an activating group) is 1. The van der Waals surface area contributed by atoms with Gasteiger partial charge >= 0.3 is 0 Å². The maximum Gasteiger partial charge on any atom is 0.236 e. The Morgan fingerprint density at radius 3 is 2.39 bits per heavy atom. The molecule has 0 N–H and O–H groups in total. The number of piperazine rings is 1. The zero-order chi connectivity index (χ0) is 13.1. The summed E-state index contributed by atoms with van der Waals surface area (Å²) < 4.78 is 0. The number of carbonyl (C=O) groups is 1. The van der Waals surface area contributed by atoms with E-state index in [1.165, 1.54) is 32.2 Å². The van der Waals surface area contributed by atoms with Gasteiger partial charge in [-0.15, -0.1) is 0 Å². The molecule has 1 heterocycles. The number of hydrogen-bond acceptors (Lipinski definition) is 3. The monoisotopic (exact) mass is 253 g/mol. The Labute approximate surface area is 111 Å². The second-order valence-electron chi connectivity index (χ2n) is 6.22. The molecule has 1 saturated carbocycles. The maximum absolute atomic E-state index is 11.7. The van der Waals surface area contributed by atoms with Crippen molar-refractivity contribution in [1.29, 1.82) is 0 Å². The van der Waals surface area contributed by atoms with E-state index in [4.69, 9.17) is 0 Å². The largest absolute Gasteiger partial charge is 0.343 e. The van der Waals surface area contributed by atoms with E-state index in [1.54, 1.807) is 0 Å². The van der Waals surface area contributed by atoms with E-state index in [-0.39, 0.29) is 5.91 Å². The van der Waals surface area contributed by atoms with E-state index in [0.717, 1.165) is 19.0 Å². The van der Waals surface area contributed by atoms with Crippen LogP contribution in [0.15, 0.2) is 0 Å². The summed E-state index contributed by atoms with van der Waals surface area (Å²) in [6.07, 6.45) is 5.19. The first-order valence-corrected chi connectivity index (χ1v) is 7.19. The maximum atomic E-state index is 11.7. The molecule has 0 atom stereocenters. The lowest BCUT2D eigenvalue weighted by Gasteiger charge is -2.41. The van der Waals surface area contributed by atoms with Gasteiger partial charge in [0.15, 0.2) is 0 Å². The molecule has 0 radical (unpaired) electrons. The van der Waals surface area contributed by atoms with E-state index in [2.05, 4.69) is 23.9 Å². The van der Waals surface area contributed by atoms with Crippen molar-refractivity contribution in [2.45, 2.75) is 31.7 Å². The molecule has 18 heavy (non-hydrogen) atoms. The molecule has 0 aromatic rings. The minimum atomic E-state index is 0.289. The van der Waals surface area contributed by atoms with Crippen molar-refractivity contribution in [3.05, 3.63) is 0 Å². The number of amides is 1. The predicted molar refractivity (Wildman–Crippen MR) is 73.5 cm³/mol. The number of carbonyl (C=O) groups excluding carboxylic acids is 1. The van der Waals surface area contributed by atoms with E-state index in [0.29, 0.717) is 12.6 Å². The zero-order valence-corrected chi connectivity index (χ0v) is 12.1. The lowest BCUT2D eigenvalue weighted by Crippen LogP contribution is -2.53. The second kappa shape index (κ2) is 6.02. The third-order valence-corrected chi connectivity index (χ3v) is 4.44. The van der Waals surface area contributed by atoms with Crippen molar-refractivity contribution < 1.29 is 4.79 Å². The fourth-order valence-corrected chi connectivity index (χ4v) is 3.30. The van der Waals surface area contributed by atoms with Gasteiger partial charge in [-0.3, -0.25) is 9.69 Å². The van der Waals surface area contributed by atoms with Gasteiger partial charge in [0.05, 0.1) is 6.54 Å². The molecule has 1 amide bonds. The van der Waals surface area contributed by atoms with Crippen LogP contribution in [-0.4, -0.2) is 74.0 Å². The molecule has 104 valence electrons. The van der Waals surface area contributed by atoms with Crippen LogP contribution >= 0.6 is 0 Å². The van der Waals surface area contributed by atoms with E-state index < -0.39 is 0 Å². The van der Waals surface area contributed by atoms with Crippen molar-refractivity contribution in [3.8, 4) is 0 Å². The molecule has 2 rings (SSSR count). The van der Waals surface area contributed by atoms with E-state index >= 15 is 0 Å². The van der Waals surface area contributed by atoms with Gasteiger partial charge in [-0.2, -0.15) is 0 Å². The van der Waals surface area contributed by atoms with Crippen molar-refractivity contribution in [2.75, 3.05) is 47.3 Å². The summed E-state index contributed by atoms with van der Waals surface area (Å²) in [5.74, 6) is 1.15. The Morgan fingerprint density at radius 1 is 1.17 bits per heavy atom. The molecule has 4 nitrogen and oxygen atoms in total. The van der Waals surface area contributed by atoms with Gasteiger partial charge in [-0.05, 0) is 45.7 Å². The highest BCUT2D eigenvalue weighted by Crippen LogP contribution is 2.28. The molecule has 1 aliphatic heterocycles. The molecule has 0 spiro atoms. The lowest BCUT2D eigenvalue weighted by molar-refractivity contribution is -0.135. The van der Waals surface area contributed by atoms with Crippen molar-refractivity contribution in [2.24, 2.45) is 5.92 Å². The van der Waals surface area contributed by atoms with Gasteiger partial charge in [0.1, 0.15) is 0 Å². The van der Waals surface area contributed by atoms with Crippen LogP contribution in [-0.2, 0) is 4.79 Å². The zero-order valence-electron chi connectivity index (χ0n) is 12.1. The molecule has 4 heteroatoms. The predicted octanol–water partition coefficient (Wildman–Crippen LogP) is 0.881. The van der Waals surface area contributed by atoms with Gasteiger partial charge in [-0.1, -0.05) is 0 Å². The molecule has 0 bridgehead atoms. The van der Waals surface area contributed by atoms with Gasteiger partial charge in [0.2, 0.25) is 5.91 Å². The van der Waals surface area contributed by atoms with Crippen molar-refractivity contribution >= 4 is 5.91 Å². The summed E-state index contributed by atoms with van der Waals surface area (Å²) in [7, 11) is 6.23. The first-order valence-electron chi connectivity index (χ1n) is 7.19. The lowest BCUT2D eigenvalue weighted by atomic mass is 9.85. The Hall–Kier alpha value is -0.610. The quantitative estimate of drug-likeness (QED) is 0.747. The molecule has 0 aromatic heterocycles. The topological polar surface area (TPSA) is 26.8 Å². The Kier molecular flexibility index (Phi) is 4.62. The van der Waals surface area contributed by atoms with Crippen LogP contribution in [0.3, 0.4) is 0 Å². The summed E-state index contributed by atoms with van der Waals surface area (Å²) in [6, 6.07) is 0.654. The highest BCUT2D eigenvalue weighted by molar-refractivity contribution is 5.78. The molecule has 1 aliphatic carbocycles. The summed E-state index contributed by atoms with van der Waals surface area (Å²) in [6.45, 7) is 3.82. The first kappa shape index (κ1) is 13.8. The van der Waals surface area contributed by atoms with Crippen LogP contribution in [0.1, 0.15) is 25.7 Å². The summed E-state index contributed by atoms with van der Waals surface area (Å²) in [4.78, 5) is 18.3. The molecular formula is C14H27N3O. The van der Waals surface area contributed by atoms with Crippen LogP contribution < -0.4 is 0 Å². The average Bonchev–Trinajstić information content (AvgIpc) is 2.33. The van der Waals surface area contributed by atoms with Crippen LogP contribution in [0.25, 0.3) is 0 Å². The van der Waals surface area contributed by atoms with Crippen LogP contribution in [0.5, 0.6) is 0 Å². The fourth-order valence-electron chi connectivity index (χ4n) is 3.30. The van der Waals surface area contributed by atoms with Gasteiger partial charge in [0.25, 0.3) is 0 Å². The first-order chi connectivity index (χ1) is 8.56. The smallest absolute Gasteiger partial charge is 0.236 e. The van der Waals surface area contributed by atoms with Crippen LogP contribution in [0.4, 0.5) is 0 Å². The number of nitrogens with zero attached hydrogens (tertiary/aromatic N) is 3. The molecular weight excluding hydrogens is 226 g/mol. The molecule has 2 aliphatic rings. The van der Waals surface area contributed by atoms with Crippen LogP contribution in [0.2, 0.25) is 0 Å². The third-order valence-electron chi connectivity index (χ3n) is 4.44. The minimum Gasteiger partial charge on any atom is -0.343 e. The van der Waals surface area contributed by atoms with Crippen LogP contribution in [0, 0.1) is 5.92 Å². The summed E-state index contributed by atoms with van der Waals surface area (Å²) >= 11 is 0. The highest BCUT2D eigenvalue weighted by atomic mass is 16.2. The standard InChI is InChI=1S/C14H27N3O/c1-15(2)10-12-4-6-13(7-5-12)17-9-8-16(3)14(18)11-17/h12-13H,4-11H2,1-3H3/t12-,13-. The number of rotatable bonds is 3. The third kappa shape index (κ3) is 3.45. The molecule has 0 aromatic carbocycles. The SMILES string of the molecule is CN(C)C[C@H]1CC[C@H](N2CCN(C)C(=O)C2)CC1. The second-order valence-corrected chi connectivity index (χ2v) is 6.22. The summed E-state index contributed by atoms with van der Waals surface area (Å²) in [5, 5.41) is 0. The Balaban J connectivity index is 1.78. The van der Waals surface area contributed by atoms with E-state index in [9.17, 15) is 4.79 Å². The fraction of sp³-hybridized carbons (Fsp3) is 0.929. The van der Waals surface area contributed by atoms with Crippen molar-refractivity contribution in [1.82, 2.24) is 14.7 Å². The number of hydrogen-bond donors (Lipinski definition) is 0. The van der Waals surface area contributed by atoms with Gasteiger partial charge in [0, 0.05) is 32.7 Å². The molecule has 2 fully saturated rings. The average molecular weight is 253 g/mol. The highest BCUT2D eigenvalue weighted by Gasteiger charge is 2.30. The molecule has 1 saturated heterocycles. The van der Waals surface area contributed by atoms with Gasteiger partial charge < -0.3 is 9.80 Å². The minimum absolute atomic E-state index is 0.289. The Bertz CT molecular complexity index is 285. The molecule has 0 unspecified atom stereocenters. The summed E-state index contributed by atoms with van der Waals surface area (Å²) in [5.41, 5.74) is 0. The Morgan fingerprint density at radius 2 is 1.83 bits per heavy atom. The van der Waals surface area contributed by atoms with Gasteiger partial charge in [-0.25, -0.2) is 0 Å². The van der Waals surface area contributed by atoms with Crippen molar-refractivity contribution in [3.63, 3.8) is 0 Å². The van der Waals surface area contributed by atoms with E-state index in [1.807, 2.05) is 11.9 Å².